The molecule has 31 heavy (non-hydrogen) atoms. The Morgan fingerprint density at radius 1 is 0.935 bits per heavy atom. The van der Waals surface area contributed by atoms with E-state index in [0.717, 1.165) is 31.3 Å². The van der Waals surface area contributed by atoms with Crippen LogP contribution < -0.4 is 0 Å². The lowest BCUT2D eigenvalue weighted by Crippen LogP contribution is -1.91. The van der Waals surface area contributed by atoms with Gasteiger partial charge in [-0.1, -0.05) is 112 Å². The maximum atomic E-state index is 5.48. The first-order valence-electron chi connectivity index (χ1n) is 11.6. The molecule has 0 amide bonds. The van der Waals surface area contributed by atoms with Crippen molar-refractivity contribution in [2.75, 3.05) is 0 Å². The van der Waals surface area contributed by atoms with Crippen molar-refractivity contribution in [2.45, 2.75) is 73.6 Å². The number of benzene rings is 2. The van der Waals surface area contributed by atoms with Crippen LogP contribution in [0.15, 0.2) is 84.5 Å². The maximum absolute atomic E-state index is 5.48. The minimum atomic E-state index is 1.03. The van der Waals surface area contributed by atoms with Crippen molar-refractivity contribution in [1.29, 1.82) is 0 Å². The van der Waals surface area contributed by atoms with Gasteiger partial charge < -0.3 is 0 Å². The van der Waals surface area contributed by atoms with Crippen LogP contribution >= 0.6 is 0 Å². The van der Waals surface area contributed by atoms with E-state index in [2.05, 4.69) is 93.9 Å². The van der Waals surface area contributed by atoms with Crippen LogP contribution in [0.4, 0.5) is 0 Å². The number of allylic oxidation sites excluding steroid dienone is 5. The van der Waals surface area contributed by atoms with Crippen molar-refractivity contribution < 1.29 is 0 Å². The average molecular weight is 415 g/mol. The van der Waals surface area contributed by atoms with Gasteiger partial charge in [-0.2, -0.15) is 0 Å². The standard InChI is InChI=1S/C17H20.C12H16.C2H6/c1-4-16(5-2)17(6-3)14-10-13-15-11-8-7-9-12-15;1-4-5-11(3)12-8-6-10(2)7-9-12;1-2/h1,5-9,11-12H,10,13-14H2,2-3H3;6-9H,3-5H2,1-2H3;1-2H3/b16-5-,17-6-;;. The van der Waals surface area contributed by atoms with Gasteiger partial charge in [0.15, 0.2) is 0 Å². The second-order valence-electron chi connectivity index (χ2n) is 7.22. The summed E-state index contributed by atoms with van der Waals surface area (Å²) in [5.41, 5.74) is 7.54. The van der Waals surface area contributed by atoms with Gasteiger partial charge in [0.25, 0.3) is 0 Å². The fraction of sp³-hybridized carbons (Fsp3) is 0.355. The smallest absolute Gasteiger partial charge is 0.0228 e. The molecule has 0 atom stereocenters. The van der Waals surface area contributed by atoms with Crippen LogP contribution in [0, 0.1) is 19.3 Å². The molecule has 0 heterocycles. The Morgan fingerprint density at radius 3 is 2.03 bits per heavy atom. The first-order chi connectivity index (χ1) is 15.0. The molecular formula is C31H42. The molecule has 166 valence electrons. The van der Waals surface area contributed by atoms with Gasteiger partial charge in [0.2, 0.25) is 0 Å². The summed E-state index contributed by atoms with van der Waals surface area (Å²) in [6.45, 7) is 16.4. The highest BCUT2D eigenvalue weighted by atomic mass is 14.1. The maximum Gasteiger partial charge on any atom is 0.0228 e. The van der Waals surface area contributed by atoms with Crippen molar-refractivity contribution >= 4 is 5.57 Å². The van der Waals surface area contributed by atoms with E-state index in [1.807, 2.05) is 26.8 Å². The number of aryl methyl sites for hydroxylation is 2. The first-order valence-corrected chi connectivity index (χ1v) is 11.6. The van der Waals surface area contributed by atoms with Crippen molar-refractivity contribution in [1.82, 2.24) is 0 Å². The molecule has 0 unspecified atom stereocenters. The quantitative estimate of drug-likeness (QED) is 0.298. The Hall–Kier alpha value is -2.78. The Bertz CT molecular complexity index is 824. The predicted octanol–water partition coefficient (Wildman–Crippen LogP) is 9.37. The van der Waals surface area contributed by atoms with Crippen LogP contribution in [-0.2, 0) is 6.42 Å². The number of terminal acetylenes is 1. The summed E-state index contributed by atoms with van der Waals surface area (Å²) in [5.74, 6) is 2.74. The zero-order valence-corrected chi connectivity index (χ0v) is 20.7. The molecule has 0 heteroatoms. The van der Waals surface area contributed by atoms with Crippen molar-refractivity contribution in [2.24, 2.45) is 0 Å². The molecule has 0 aliphatic rings. The fourth-order valence-corrected chi connectivity index (χ4v) is 3.16. The predicted molar refractivity (Wildman–Crippen MR) is 142 cm³/mol. The zero-order chi connectivity index (χ0) is 23.5. The van der Waals surface area contributed by atoms with Crippen molar-refractivity contribution in [3.63, 3.8) is 0 Å². The van der Waals surface area contributed by atoms with Gasteiger partial charge in [-0.3, -0.25) is 0 Å². The van der Waals surface area contributed by atoms with E-state index in [0.29, 0.717) is 0 Å². The van der Waals surface area contributed by atoms with Crippen molar-refractivity contribution in [3.05, 3.63) is 101 Å². The van der Waals surface area contributed by atoms with Gasteiger partial charge in [-0.05, 0) is 68.7 Å². The molecule has 0 saturated heterocycles. The van der Waals surface area contributed by atoms with Gasteiger partial charge in [0.1, 0.15) is 0 Å². The van der Waals surface area contributed by atoms with Gasteiger partial charge >= 0.3 is 0 Å². The highest BCUT2D eigenvalue weighted by Crippen LogP contribution is 2.18. The lowest BCUT2D eigenvalue weighted by Gasteiger charge is -2.06. The van der Waals surface area contributed by atoms with Gasteiger partial charge in [0.05, 0.1) is 0 Å². The molecule has 0 aromatic heterocycles. The van der Waals surface area contributed by atoms with Crippen LogP contribution in [-0.4, -0.2) is 0 Å². The van der Waals surface area contributed by atoms with E-state index in [1.54, 1.807) is 0 Å². The summed E-state index contributed by atoms with van der Waals surface area (Å²) in [7, 11) is 0. The molecule has 0 aliphatic heterocycles. The Balaban J connectivity index is 0.000000564. The monoisotopic (exact) mass is 414 g/mol. The summed E-state index contributed by atoms with van der Waals surface area (Å²) in [6, 6.07) is 19.1. The average Bonchev–Trinajstić information content (AvgIpc) is 2.82. The molecule has 0 radical (unpaired) electrons. The summed E-state index contributed by atoms with van der Waals surface area (Å²) in [6.07, 6.45) is 15.2. The summed E-state index contributed by atoms with van der Waals surface area (Å²) in [5, 5.41) is 0. The van der Waals surface area contributed by atoms with Crippen LogP contribution in [0.5, 0.6) is 0 Å². The van der Waals surface area contributed by atoms with E-state index in [4.69, 9.17) is 6.42 Å². The molecule has 0 saturated carbocycles. The molecular weight excluding hydrogens is 372 g/mol. The lowest BCUT2D eigenvalue weighted by molar-refractivity contribution is 0.818. The van der Waals surface area contributed by atoms with Crippen LogP contribution in [0.1, 0.15) is 77.0 Å². The van der Waals surface area contributed by atoms with Gasteiger partial charge in [-0.15, -0.1) is 6.42 Å². The van der Waals surface area contributed by atoms with Gasteiger partial charge in [0, 0.05) is 5.57 Å². The van der Waals surface area contributed by atoms with Crippen LogP contribution in [0.3, 0.4) is 0 Å². The summed E-state index contributed by atoms with van der Waals surface area (Å²) in [4.78, 5) is 0. The lowest BCUT2D eigenvalue weighted by atomic mass is 9.98. The Morgan fingerprint density at radius 2 is 1.55 bits per heavy atom. The third kappa shape index (κ3) is 11.9. The third-order valence-electron chi connectivity index (χ3n) is 4.90. The topological polar surface area (TPSA) is 0 Å². The normalized spacial score (nSPS) is 10.7. The molecule has 0 aliphatic carbocycles. The summed E-state index contributed by atoms with van der Waals surface area (Å²) >= 11 is 0. The molecule has 0 fully saturated rings. The molecule has 2 rings (SSSR count). The van der Waals surface area contributed by atoms with E-state index < -0.39 is 0 Å². The van der Waals surface area contributed by atoms with Crippen LogP contribution in [0.2, 0.25) is 0 Å². The fourth-order valence-electron chi connectivity index (χ4n) is 3.16. The van der Waals surface area contributed by atoms with E-state index in [9.17, 15) is 0 Å². The summed E-state index contributed by atoms with van der Waals surface area (Å²) < 4.78 is 0. The number of rotatable bonds is 8. The molecule has 0 spiro atoms. The van der Waals surface area contributed by atoms with Gasteiger partial charge in [-0.25, -0.2) is 0 Å². The van der Waals surface area contributed by atoms with E-state index in [1.165, 1.54) is 34.3 Å². The second-order valence-corrected chi connectivity index (χ2v) is 7.22. The highest BCUT2D eigenvalue weighted by Gasteiger charge is 2.01. The Labute approximate surface area is 192 Å². The third-order valence-corrected chi connectivity index (χ3v) is 4.90. The number of hydrogen-bond donors (Lipinski definition) is 0. The molecule has 2 aromatic rings. The first kappa shape index (κ1) is 28.2. The highest BCUT2D eigenvalue weighted by molar-refractivity contribution is 5.63. The zero-order valence-electron chi connectivity index (χ0n) is 20.7. The molecule has 0 nitrogen and oxygen atoms in total. The minimum absolute atomic E-state index is 1.03. The van der Waals surface area contributed by atoms with Crippen molar-refractivity contribution in [3.8, 4) is 12.3 Å². The second kappa shape index (κ2) is 18.0. The number of hydrogen-bond acceptors (Lipinski definition) is 0. The van der Waals surface area contributed by atoms with E-state index >= 15 is 0 Å². The SMILES string of the molecule is C#CC(=C/C)/C(=C\C)CCCc1ccccc1.C=C(CCC)c1ccc(C)cc1.CC. The molecule has 0 N–H and O–H groups in total. The van der Waals surface area contributed by atoms with E-state index in [-0.39, 0.29) is 0 Å². The largest absolute Gasteiger partial charge is 0.115 e. The Kier molecular flexibility index (Phi) is 16.4. The minimum Gasteiger partial charge on any atom is -0.115 e. The van der Waals surface area contributed by atoms with Crippen LogP contribution in [0.25, 0.3) is 5.57 Å². The molecule has 2 aromatic carbocycles. The molecule has 0 bridgehead atoms.